The first kappa shape index (κ1) is 23.2. The number of sulfonamides is 1. The number of aryl methyl sites for hydroxylation is 1. The fourth-order valence-electron chi connectivity index (χ4n) is 4.05. The number of fused-ring (bicyclic) bond motifs is 1. The van der Waals surface area contributed by atoms with Crippen LogP contribution in [0.15, 0.2) is 47.4 Å². The highest BCUT2D eigenvalue weighted by Crippen LogP contribution is 2.23. The molecule has 1 amide bonds. The number of ether oxygens (including phenoxy) is 1. The quantitative estimate of drug-likeness (QED) is 0.514. The number of nitrogens with zero attached hydrogens (tertiary/aromatic N) is 4. The molecule has 2 aromatic carbocycles. The van der Waals surface area contributed by atoms with Gasteiger partial charge in [0.1, 0.15) is 11.3 Å². The van der Waals surface area contributed by atoms with E-state index in [1.54, 1.807) is 34.3 Å². The van der Waals surface area contributed by atoms with Crippen LogP contribution in [0.5, 0.6) is 5.75 Å². The minimum atomic E-state index is -3.51. The second kappa shape index (κ2) is 10.3. The molecule has 0 radical (unpaired) electrons. The standard InChI is InChI=1S/C23H29N5O4S/c1-32-22-9-4-3-8-18(22)17-24-23(29)10-7-15-28-21-12-11-19(16-20(21)25-26-28)33(30,31)27-13-5-2-6-14-27/h3-4,8-9,11-12,16H,2,5-7,10,13-15,17H2,1H3,(H,24,29). The summed E-state index contributed by atoms with van der Waals surface area (Å²) in [6.07, 6.45) is 3.79. The molecule has 1 fully saturated rings. The highest BCUT2D eigenvalue weighted by atomic mass is 32.2. The number of carbonyl (C=O) groups is 1. The van der Waals surface area contributed by atoms with Crippen LogP contribution >= 0.6 is 0 Å². The summed E-state index contributed by atoms with van der Waals surface area (Å²) < 4.78 is 34.4. The lowest BCUT2D eigenvalue weighted by Crippen LogP contribution is -2.35. The Balaban J connectivity index is 1.33. The van der Waals surface area contributed by atoms with Gasteiger partial charge in [-0.2, -0.15) is 4.31 Å². The number of piperidine rings is 1. The second-order valence-electron chi connectivity index (χ2n) is 8.12. The van der Waals surface area contributed by atoms with Crippen molar-refractivity contribution in [1.29, 1.82) is 0 Å². The summed E-state index contributed by atoms with van der Waals surface area (Å²) in [7, 11) is -1.91. The van der Waals surface area contributed by atoms with Crippen molar-refractivity contribution in [2.24, 2.45) is 0 Å². The number of nitrogens with one attached hydrogen (secondary N) is 1. The van der Waals surface area contributed by atoms with Gasteiger partial charge in [0.05, 0.1) is 17.5 Å². The van der Waals surface area contributed by atoms with Gasteiger partial charge in [-0.25, -0.2) is 13.1 Å². The molecule has 0 bridgehead atoms. The number of carbonyl (C=O) groups excluding carboxylic acids is 1. The van der Waals surface area contributed by atoms with Gasteiger partial charge in [-0.15, -0.1) is 5.10 Å². The maximum absolute atomic E-state index is 12.9. The molecule has 1 aliphatic heterocycles. The summed E-state index contributed by atoms with van der Waals surface area (Å²) in [4.78, 5) is 12.5. The zero-order valence-corrected chi connectivity index (χ0v) is 19.6. The van der Waals surface area contributed by atoms with E-state index in [9.17, 15) is 13.2 Å². The zero-order chi connectivity index (χ0) is 23.3. The minimum absolute atomic E-state index is 0.0553. The van der Waals surface area contributed by atoms with Crippen LogP contribution in [-0.4, -0.2) is 53.8 Å². The van der Waals surface area contributed by atoms with Crippen molar-refractivity contribution in [1.82, 2.24) is 24.6 Å². The molecule has 4 rings (SSSR count). The van der Waals surface area contributed by atoms with Gasteiger partial charge in [-0.3, -0.25) is 4.79 Å². The molecule has 1 aromatic heterocycles. The number of amides is 1. The van der Waals surface area contributed by atoms with Crippen molar-refractivity contribution < 1.29 is 17.9 Å². The summed E-state index contributed by atoms with van der Waals surface area (Å²) in [6, 6.07) is 12.5. The number of methoxy groups -OCH3 is 1. The maximum Gasteiger partial charge on any atom is 0.243 e. The Bertz CT molecular complexity index is 1220. The van der Waals surface area contributed by atoms with Crippen LogP contribution in [0.3, 0.4) is 0 Å². The van der Waals surface area contributed by atoms with Gasteiger partial charge >= 0.3 is 0 Å². The van der Waals surface area contributed by atoms with Crippen LogP contribution in [0.4, 0.5) is 0 Å². The summed E-state index contributed by atoms with van der Waals surface area (Å²) in [6.45, 7) is 2.04. The maximum atomic E-state index is 12.9. The lowest BCUT2D eigenvalue weighted by molar-refractivity contribution is -0.121. The molecule has 0 spiro atoms. The average molecular weight is 472 g/mol. The average Bonchev–Trinajstić information content (AvgIpc) is 3.25. The van der Waals surface area contributed by atoms with E-state index < -0.39 is 10.0 Å². The third-order valence-corrected chi connectivity index (χ3v) is 7.78. The third-order valence-electron chi connectivity index (χ3n) is 5.88. The van der Waals surface area contributed by atoms with E-state index in [-0.39, 0.29) is 10.8 Å². The zero-order valence-electron chi connectivity index (χ0n) is 18.7. The Morgan fingerprint density at radius 3 is 2.70 bits per heavy atom. The lowest BCUT2D eigenvalue weighted by Gasteiger charge is -2.25. The molecular weight excluding hydrogens is 442 g/mol. The van der Waals surface area contributed by atoms with Crippen molar-refractivity contribution in [3.63, 3.8) is 0 Å². The largest absolute Gasteiger partial charge is 0.496 e. The fourth-order valence-corrected chi connectivity index (χ4v) is 5.59. The topological polar surface area (TPSA) is 106 Å². The second-order valence-corrected chi connectivity index (χ2v) is 10.1. The van der Waals surface area contributed by atoms with Gasteiger partial charge in [-0.1, -0.05) is 29.8 Å². The first-order valence-electron chi connectivity index (χ1n) is 11.2. The van der Waals surface area contributed by atoms with E-state index >= 15 is 0 Å². The summed E-state index contributed by atoms with van der Waals surface area (Å²) in [5, 5.41) is 11.2. The van der Waals surface area contributed by atoms with Gasteiger partial charge < -0.3 is 10.1 Å². The molecule has 10 heteroatoms. The third kappa shape index (κ3) is 5.33. The van der Waals surface area contributed by atoms with Gasteiger partial charge in [-0.05, 0) is 43.5 Å². The van der Waals surface area contributed by atoms with E-state index in [2.05, 4.69) is 15.6 Å². The molecule has 1 saturated heterocycles. The van der Waals surface area contributed by atoms with Gasteiger partial charge in [0.2, 0.25) is 15.9 Å². The molecule has 9 nitrogen and oxygen atoms in total. The molecule has 33 heavy (non-hydrogen) atoms. The van der Waals surface area contributed by atoms with Crippen LogP contribution < -0.4 is 10.1 Å². The number of aromatic nitrogens is 3. The summed E-state index contributed by atoms with van der Waals surface area (Å²) >= 11 is 0. The highest BCUT2D eigenvalue weighted by molar-refractivity contribution is 7.89. The Morgan fingerprint density at radius 1 is 1.12 bits per heavy atom. The van der Waals surface area contributed by atoms with E-state index in [0.29, 0.717) is 44.5 Å². The number of hydrogen-bond acceptors (Lipinski definition) is 6. The first-order chi connectivity index (χ1) is 16.0. The predicted octanol–water partition coefficient (Wildman–Crippen LogP) is 2.71. The van der Waals surface area contributed by atoms with E-state index in [1.165, 1.54) is 0 Å². The molecule has 0 atom stereocenters. The van der Waals surface area contributed by atoms with E-state index in [4.69, 9.17) is 4.74 Å². The van der Waals surface area contributed by atoms with E-state index in [1.807, 2.05) is 24.3 Å². The smallest absolute Gasteiger partial charge is 0.243 e. The van der Waals surface area contributed by atoms with E-state index in [0.717, 1.165) is 36.1 Å². The monoisotopic (exact) mass is 471 g/mol. The predicted molar refractivity (Wildman–Crippen MR) is 124 cm³/mol. The first-order valence-corrected chi connectivity index (χ1v) is 12.6. The fraction of sp³-hybridized carbons (Fsp3) is 0.435. The van der Waals surface area contributed by atoms with Crippen LogP contribution in [0.25, 0.3) is 11.0 Å². The Labute approximate surface area is 193 Å². The molecule has 1 aliphatic rings. The van der Waals surface area contributed by atoms with Crippen LogP contribution in [0.2, 0.25) is 0 Å². The van der Waals surface area contributed by atoms with Crippen molar-refractivity contribution in [3.05, 3.63) is 48.0 Å². The Kier molecular flexibility index (Phi) is 7.24. The van der Waals surface area contributed by atoms with Crippen molar-refractivity contribution >= 4 is 27.0 Å². The molecule has 176 valence electrons. The minimum Gasteiger partial charge on any atom is -0.496 e. The van der Waals surface area contributed by atoms with Crippen molar-refractivity contribution in [2.45, 2.75) is 50.1 Å². The number of rotatable bonds is 9. The van der Waals surface area contributed by atoms with Gasteiger partial charge in [0.25, 0.3) is 0 Å². The molecule has 1 N–H and O–H groups in total. The van der Waals surface area contributed by atoms with Crippen molar-refractivity contribution in [2.75, 3.05) is 20.2 Å². The summed E-state index contributed by atoms with van der Waals surface area (Å²) in [5.74, 6) is 0.689. The Hall–Kier alpha value is -2.98. The number of benzene rings is 2. The molecular formula is C23H29N5O4S. The molecule has 0 unspecified atom stereocenters. The Morgan fingerprint density at radius 2 is 1.91 bits per heavy atom. The normalized spacial score (nSPS) is 14.9. The van der Waals surface area contributed by atoms with Crippen LogP contribution in [-0.2, 0) is 27.9 Å². The van der Waals surface area contributed by atoms with Gasteiger partial charge in [0.15, 0.2) is 0 Å². The number of para-hydroxylation sites is 1. The molecule has 3 aromatic rings. The van der Waals surface area contributed by atoms with Crippen LogP contribution in [0, 0.1) is 0 Å². The molecule has 2 heterocycles. The number of hydrogen-bond donors (Lipinski definition) is 1. The lowest BCUT2D eigenvalue weighted by atomic mass is 10.2. The molecule has 0 aliphatic carbocycles. The summed E-state index contributed by atoms with van der Waals surface area (Å²) in [5.41, 5.74) is 2.21. The van der Waals surface area contributed by atoms with Gasteiger partial charge in [0, 0.05) is 38.2 Å². The van der Waals surface area contributed by atoms with Crippen molar-refractivity contribution in [3.8, 4) is 5.75 Å². The SMILES string of the molecule is COc1ccccc1CNC(=O)CCCn1nnc2cc(S(=O)(=O)N3CCCCC3)ccc21. The highest BCUT2D eigenvalue weighted by Gasteiger charge is 2.26. The molecule has 0 saturated carbocycles. The van der Waals surface area contributed by atoms with Crippen LogP contribution in [0.1, 0.15) is 37.7 Å².